The number of rotatable bonds is 7. The highest BCUT2D eigenvalue weighted by molar-refractivity contribution is 6.31. The van der Waals surface area contributed by atoms with E-state index in [4.69, 9.17) is 16.3 Å². The molecule has 0 heterocycles. The number of nitrogens with zero attached hydrogens (tertiary/aromatic N) is 1. The summed E-state index contributed by atoms with van der Waals surface area (Å²) in [5.41, 5.74) is 0.498. The average molecular weight is 343 g/mol. The van der Waals surface area contributed by atoms with Crippen LogP contribution in [0.2, 0.25) is 5.02 Å². The van der Waals surface area contributed by atoms with Crippen molar-refractivity contribution in [1.82, 2.24) is 4.90 Å². The number of benzene rings is 1. The van der Waals surface area contributed by atoms with Crippen LogP contribution in [-0.2, 0) is 4.79 Å². The molecule has 1 aromatic carbocycles. The zero-order valence-corrected chi connectivity index (χ0v) is 15.3. The molecular formula is C17H27ClN2O3. The smallest absolute Gasteiger partial charge is 0.225 e. The summed E-state index contributed by atoms with van der Waals surface area (Å²) in [6.45, 7) is 6.82. The number of amides is 1. The van der Waals surface area contributed by atoms with Gasteiger partial charge in [-0.2, -0.15) is 0 Å². The number of aliphatic hydroxyl groups excluding tert-OH is 1. The molecule has 0 aliphatic carbocycles. The van der Waals surface area contributed by atoms with Crippen molar-refractivity contribution in [3.05, 3.63) is 23.2 Å². The Morgan fingerprint density at radius 1 is 1.43 bits per heavy atom. The first-order chi connectivity index (χ1) is 10.7. The molecule has 0 aliphatic heterocycles. The van der Waals surface area contributed by atoms with Crippen LogP contribution in [0.5, 0.6) is 5.75 Å². The van der Waals surface area contributed by atoms with Crippen LogP contribution >= 0.6 is 11.6 Å². The van der Waals surface area contributed by atoms with E-state index in [0.29, 0.717) is 29.4 Å². The number of aliphatic hydroxyl groups is 1. The quantitative estimate of drug-likeness (QED) is 0.799. The Labute approximate surface area is 143 Å². The Morgan fingerprint density at radius 3 is 2.61 bits per heavy atom. The maximum absolute atomic E-state index is 12.2. The summed E-state index contributed by atoms with van der Waals surface area (Å²) in [6.07, 6.45) is 0.318. The third-order valence-corrected chi connectivity index (χ3v) is 4.07. The highest BCUT2D eigenvalue weighted by Crippen LogP contribution is 2.28. The number of likely N-dealkylation sites (N-methyl/N-ethyl adjacent to an activating group) is 1. The zero-order chi connectivity index (χ0) is 17.6. The Bertz CT molecular complexity index is 529. The summed E-state index contributed by atoms with van der Waals surface area (Å²) in [7, 11) is 3.46. The SMILES string of the molecule is COc1ccc(Cl)cc1NC(=O)CCN(C)C(CO)C(C)(C)C. The number of hydrogen-bond donors (Lipinski definition) is 2. The summed E-state index contributed by atoms with van der Waals surface area (Å²) < 4.78 is 5.21. The van der Waals surface area contributed by atoms with Crippen molar-refractivity contribution in [3.63, 3.8) is 0 Å². The van der Waals surface area contributed by atoms with Gasteiger partial charge in [0.05, 0.1) is 19.4 Å². The number of ether oxygens (including phenoxy) is 1. The fourth-order valence-corrected chi connectivity index (χ4v) is 2.67. The predicted octanol–water partition coefficient (Wildman–Crippen LogP) is 3.02. The molecule has 0 radical (unpaired) electrons. The normalized spacial score (nSPS) is 13.0. The van der Waals surface area contributed by atoms with Crippen molar-refractivity contribution in [2.45, 2.75) is 33.2 Å². The summed E-state index contributed by atoms with van der Waals surface area (Å²) in [5.74, 6) is 0.446. The Hall–Kier alpha value is -1.30. The number of methoxy groups -OCH3 is 1. The van der Waals surface area contributed by atoms with Gasteiger partial charge in [-0.25, -0.2) is 0 Å². The van der Waals surface area contributed by atoms with Crippen molar-refractivity contribution in [1.29, 1.82) is 0 Å². The summed E-state index contributed by atoms with van der Waals surface area (Å²) in [5, 5.41) is 12.9. The molecular weight excluding hydrogens is 316 g/mol. The van der Waals surface area contributed by atoms with Crippen molar-refractivity contribution < 1.29 is 14.6 Å². The Kier molecular flexibility index (Phi) is 7.32. The standard InChI is InChI=1S/C17H27ClN2O3/c1-17(2,3)15(11-21)20(4)9-8-16(22)19-13-10-12(18)6-7-14(13)23-5/h6-7,10,15,21H,8-9,11H2,1-5H3,(H,19,22). The Balaban J connectivity index is 2.63. The van der Waals surface area contributed by atoms with Gasteiger partial charge in [-0.05, 0) is 30.7 Å². The third kappa shape index (κ3) is 6.01. The summed E-state index contributed by atoms with van der Waals surface area (Å²) in [6, 6.07) is 5.08. The zero-order valence-electron chi connectivity index (χ0n) is 14.5. The van der Waals surface area contributed by atoms with Crippen molar-refractivity contribution in [2.75, 3.05) is 32.6 Å². The molecule has 1 rings (SSSR count). The summed E-state index contributed by atoms with van der Waals surface area (Å²) in [4.78, 5) is 14.2. The van der Waals surface area contributed by atoms with Crippen LogP contribution in [0, 0.1) is 5.41 Å². The van der Waals surface area contributed by atoms with Gasteiger partial charge in [0, 0.05) is 24.0 Å². The highest BCUT2D eigenvalue weighted by Gasteiger charge is 2.27. The lowest BCUT2D eigenvalue weighted by Crippen LogP contribution is -2.45. The van der Waals surface area contributed by atoms with Gasteiger partial charge in [0.15, 0.2) is 0 Å². The lowest BCUT2D eigenvalue weighted by Gasteiger charge is -2.36. The maximum atomic E-state index is 12.2. The highest BCUT2D eigenvalue weighted by atomic mass is 35.5. The van der Waals surface area contributed by atoms with E-state index in [0.717, 1.165) is 0 Å². The van der Waals surface area contributed by atoms with Crippen LogP contribution in [0.25, 0.3) is 0 Å². The summed E-state index contributed by atoms with van der Waals surface area (Å²) >= 11 is 5.95. The molecule has 0 saturated heterocycles. The van der Waals surface area contributed by atoms with Gasteiger partial charge in [-0.1, -0.05) is 32.4 Å². The van der Waals surface area contributed by atoms with Gasteiger partial charge in [0.25, 0.3) is 0 Å². The van der Waals surface area contributed by atoms with E-state index in [1.54, 1.807) is 25.3 Å². The van der Waals surface area contributed by atoms with E-state index in [1.165, 1.54) is 0 Å². The number of nitrogens with one attached hydrogen (secondary N) is 1. The molecule has 0 spiro atoms. The molecule has 1 atom stereocenters. The average Bonchev–Trinajstić information content (AvgIpc) is 2.44. The number of anilines is 1. The topological polar surface area (TPSA) is 61.8 Å². The van der Waals surface area contributed by atoms with E-state index < -0.39 is 0 Å². The van der Waals surface area contributed by atoms with Crippen LogP contribution in [0.1, 0.15) is 27.2 Å². The van der Waals surface area contributed by atoms with Crippen LogP contribution in [-0.4, -0.2) is 49.3 Å². The molecule has 0 bridgehead atoms. The van der Waals surface area contributed by atoms with Gasteiger partial charge < -0.3 is 20.1 Å². The lowest BCUT2D eigenvalue weighted by molar-refractivity contribution is -0.116. The number of carbonyl (C=O) groups is 1. The molecule has 2 N–H and O–H groups in total. The number of hydrogen-bond acceptors (Lipinski definition) is 4. The van der Waals surface area contributed by atoms with E-state index in [2.05, 4.69) is 26.1 Å². The molecule has 23 heavy (non-hydrogen) atoms. The molecule has 5 nitrogen and oxygen atoms in total. The molecule has 6 heteroatoms. The van der Waals surface area contributed by atoms with Crippen LogP contribution in [0.3, 0.4) is 0 Å². The number of carbonyl (C=O) groups excluding carboxylic acids is 1. The second-order valence-electron chi connectivity index (χ2n) is 6.69. The molecule has 0 aliphatic rings. The van der Waals surface area contributed by atoms with E-state index in [1.807, 2.05) is 11.9 Å². The van der Waals surface area contributed by atoms with Gasteiger partial charge in [0.2, 0.25) is 5.91 Å². The van der Waals surface area contributed by atoms with Crippen molar-refractivity contribution in [2.24, 2.45) is 5.41 Å². The Morgan fingerprint density at radius 2 is 2.09 bits per heavy atom. The fourth-order valence-electron chi connectivity index (χ4n) is 2.50. The van der Waals surface area contributed by atoms with Crippen LogP contribution in [0.4, 0.5) is 5.69 Å². The van der Waals surface area contributed by atoms with E-state index in [-0.39, 0.29) is 24.0 Å². The van der Waals surface area contributed by atoms with Gasteiger partial charge >= 0.3 is 0 Å². The fraction of sp³-hybridized carbons (Fsp3) is 0.588. The van der Waals surface area contributed by atoms with Gasteiger partial charge in [-0.3, -0.25) is 4.79 Å². The minimum absolute atomic E-state index is 0.00370. The molecule has 0 fully saturated rings. The first-order valence-corrected chi connectivity index (χ1v) is 8.01. The maximum Gasteiger partial charge on any atom is 0.225 e. The first kappa shape index (κ1) is 19.7. The molecule has 0 saturated carbocycles. The lowest BCUT2D eigenvalue weighted by atomic mass is 9.86. The predicted molar refractivity (Wildman–Crippen MR) is 94.2 cm³/mol. The largest absolute Gasteiger partial charge is 0.495 e. The number of halogens is 1. The van der Waals surface area contributed by atoms with Crippen molar-refractivity contribution in [3.8, 4) is 5.75 Å². The minimum atomic E-state index is -0.122. The minimum Gasteiger partial charge on any atom is -0.495 e. The van der Waals surface area contributed by atoms with Crippen molar-refractivity contribution >= 4 is 23.2 Å². The van der Waals surface area contributed by atoms with E-state index in [9.17, 15) is 9.90 Å². The van der Waals surface area contributed by atoms with Gasteiger partial charge in [-0.15, -0.1) is 0 Å². The molecule has 1 amide bonds. The molecule has 0 aromatic heterocycles. The second-order valence-corrected chi connectivity index (χ2v) is 7.12. The van der Waals surface area contributed by atoms with E-state index >= 15 is 0 Å². The first-order valence-electron chi connectivity index (χ1n) is 7.63. The molecule has 1 aromatic rings. The van der Waals surface area contributed by atoms with Crippen LogP contribution < -0.4 is 10.1 Å². The third-order valence-electron chi connectivity index (χ3n) is 3.83. The monoisotopic (exact) mass is 342 g/mol. The van der Waals surface area contributed by atoms with Crippen LogP contribution in [0.15, 0.2) is 18.2 Å². The van der Waals surface area contributed by atoms with Gasteiger partial charge in [0.1, 0.15) is 5.75 Å². The molecule has 1 unspecified atom stereocenters. The molecule has 130 valence electrons. The second kappa shape index (κ2) is 8.52.